The lowest BCUT2D eigenvalue weighted by atomic mass is 9.78. The molecule has 0 atom stereocenters. The second-order valence-electron chi connectivity index (χ2n) is 8.25. The third-order valence-electron chi connectivity index (χ3n) is 6.51. The Morgan fingerprint density at radius 3 is 2.41 bits per heavy atom. The summed E-state index contributed by atoms with van der Waals surface area (Å²) in [5.74, 6) is 0.555. The molecule has 1 aliphatic heterocycles. The molecule has 1 saturated heterocycles. The van der Waals surface area contributed by atoms with Crippen molar-refractivity contribution in [1.29, 1.82) is 0 Å². The lowest BCUT2D eigenvalue weighted by Crippen LogP contribution is -2.46. The van der Waals surface area contributed by atoms with Gasteiger partial charge in [0.25, 0.3) is 5.91 Å². The van der Waals surface area contributed by atoms with Crippen LogP contribution < -0.4 is 5.32 Å². The van der Waals surface area contributed by atoms with Crippen LogP contribution in [0.1, 0.15) is 54.4 Å². The molecule has 1 N–H and O–H groups in total. The molecule has 154 valence electrons. The number of furan rings is 1. The van der Waals surface area contributed by atoms with Gasteiger partial charge in [-0.3, -0.25) is 9.59 Å². The first kappa shape index (κ1) is 20.0. The van der Waals surface area contributed by atoms with Gasteiger partial charge in [0.15, 0.2) is 0 Å². The van der Waals surface area contributed by atoms with E-state index in [0.29, 0.717) is 36.1 Å². The smallest absolute Gasteiger partial charge is 0.257 e. The quantitative estimate of drug-likeness (QED) is 0.788. The van der Waals surface area contributed by atoms with Crippen molar-refractivity contribution in [3.05, 3.63) is 59.0 Å². The summed E-state index contributed by atoms with van der Waals surface area (Å²) in [6, 6.07) is 9.43. The molecule has 2 aromatic rings. The summed E-state index contributed by atoms with van der Waals surface area (Å²) in [7, 11) is 0. The molecule has 1 aromatic heterocycles. The Balaban J connectivity index is 1.32. The average molecular weight is 415 g/mol. The minimum atomic E-state index is -0.428. The summed E-state index contributed by atoms with van der Waals surface area (Å²) in [4.78, 5) is 27.5. The van der Waals surface area contributed by atoms with Crippen molar-refractivity contribution >= 4 is 23.4 Å². The normalized spacial score (nSPS) is 19.3. The fraction of sp³-hybridized carbons (Fsp3) is 0.478. The van der Waals surface area contributed by atoms with E-state index in [1.54, 1.807) is 6.07 Å². The Morgan fingerprint density at radius 1 is 1.10 bits per heavy atom. The van der Waals surface area contributed by atoms with Crippen LogP contribution in [-0.2, 0) is 10.2 Å². The molecular weight excluding hydrogens is 388 g/mol. The Morgan fingerprint density at radius 2 is 1.79 bits per heavy atom. The Bertz CT molecular complexity index is 834. The molecule has 0 bridgehead atoms. The molecule has 0 radical (unpaired) electrons. The summed E-state index contributed by atoms with van der Waals surface area (Å²) in [5, 5.41) is 3.92. The average Bonchev–Trinajstić information content (AvgIpc) is 3.45. The van der Waals surface area contributed by atoms with E-state index in [1.165, 1.54) is 12.5 Å². The van der Waals surface area contributed by atoms with Crippen LogP contribution in [0.25, 0.3) is 0 Å². The van der Waals surface area contributed by atoms with Crippen LogP contribution in [0.3, 0.4) is 0 Å². The summed E-state index contributed by atoms with van der Waals surface area (Å²) >= 11 is 6.04. The number of hydrogen-bond acceptors (Lipinski definition) is 3. The number of likely N-dealkylation sites (tertiary alicyclic amines) is 1. The van der Waals surface area contributed by atoms with Crippen molar-refractivity contribution in [3.8, 4) is 0 Å². The molecule has 1 saturated carbocycles. The maximum Gasteiger partial charge on any atom is 0.257 e. The highest BCUT2D eigenvalue weighted by molar-refractivity contribution is 6.30. The fourth-order valence-corrected chi connectivity index (χ4v) is 4.84. The SMILES string of the molecule is O=C(c1ccoc1)N1CCC(CNC(=O)C2(c3ccc(Cl)cc3)CCCC2)CC1. The van der Waals surface area contributed by atoms with Gasteiger partial charge in [-0.25, -0.2) is 0 Å². The highest BCUT2D eigenvalue weighted by Gasteiger charge is 2.42. The minimum Gasteiger partial charge on any atom is -0.472 e. The van der Waals surface area contributed by atoms with Gasteiger partial charge in [-0.2, -0.15) is 0 Å². The van der Waals surface area contributed by atoms with E-state index in [9.17, 15) is 9.59 Å². The number of halogens is 1. The van der Waals surface area contributed by atoms with Gasteiger partial charge in [-0.05, 0) is 55.4 Å². The first-order valence-electron chi connectivity index (χ1n) is 10.4. The molecule has 2 aliphatic rings. The predicted octanol–water partition coefficient (Wildman–Crippen LogP) is 4.41. The number of rotatable bonds is 5. The Labute approximate surface area is 176 Å². The molecule has 29 heavy (non-hydrogen) atoms. The van der Waals surface area contributed by atoms with Crippen LogP contribution in [0.4, 0.5) is 0 Å². The third kappa shape index (κ3) is 4.20. The Kier molecular flexibility index (Phi) is 5.95. The Hall–Kier alpha value is -2.27. The van der Waals surface area contributed by atoms with E-state index in [4.69, 9.17) is 16.0 Å². The predicted molar refractivity (Wildman–Crippen MR) is 112 cm³/mol. The summed E-state index contributed by atoms with van der Waals surface area (Å²) in [5.41, 5.74) is 1.24. The van der Waals surface area contributed by atoms with Gasteiger partial charge in [-0.15, -0.1) is 0 Å². The van der Waals surface area contributed by atoms with Crippen LogP contribution in [0.2, 0.25) is 5.02 Å². The first-order valence-corrected chi connectivity index (χ1v) is 10.8. The molecule has 4 rings (SSSR count). The van der Waals surface area contributed by atoms with E-state index in [2.05, 4.69) is 5.32 Å². The third-order valence-corrected chi connectivity index (χ3v) is 6.76. The number of nitrogens with one attached hydrogen (secondary N) is 1. The first-order chi connectivity index (χ1) is 14.1. The number of benzene rings is 1. The highest BCUT2D eigenvalue weighted by Crippen LogP contribution is 2.41. The molecule has 6 heteroatoms. The number of amides is 2. The van der Waals surface area contributed by atoms with Crippen LogP contribution in [0.5, 0.6) is 0 Å². The molecular formula is C23H27ClN2O3. The number of carbonyl (C=O) groups is 2. The van der Waals surface area contributed by atoms with Crippen LogP contribution >= 0.6 is 11.6 Å². The minimum absolute atomic E-state index is 0.0221. The second-order valence-corrected chi connectivity index (χ2v) is 8.69. The van der Waals surface area contributed by atoms with E-state index in [-0.39, 0.29) is 11.8 Å². The highest BCUT2D eigenvalue weighted by atomic mass is 35.5. The second kappa shape index (κ2) is 8.62. The molecule has 1 aromatic carbocycles. The lowest BCUT2D eigenvalue weighted by Gasteiger charge is -2.33. The van der Waals surface area contributed by atoms with Gasteiger partial charge >= 0.3 is 0 Å². The van der Waals surface area contributed by atoms with Crippen molar-refractivity contribution in [1.82, 2.24) is 10.2 Å². The van der Waals surface area contributed by atoms with Crippen LogP contribution in [-0.4, -0.2) is 36.3 Å². The zero-order valence-electron chi connectivity index (χ0n) is 16.5. The number of nitrogens with zero attached hydrogens (tertiary/aromatic N) is 1. The van der Waals surface area contributed by atoms with Crippen molar-refractivity contribution in [2.24, 2.45) is 5.92 Å². The summed E-state index contributed by atoms with van der Waals surface area (Å²) < 4.78 is 5.01. The molecule has 0 unspecified atom stereocenters. The van der Waals surface area contributed by atoms with Gasteiger partial charge in [0.2, 0.25) is 5.91 Å². The zero-order valence-corrected chi connectivity index (χ0v) is 17.3. The molecule has 2 fully saturated rings. The van der Waals surface area contributed by atoms with Crippen LogP contribution in [0, 0.1) is 5.92 Å². The maximum atomic E-state index is 13.2. The molecule has 1 aliphatic carbocycles. The van der Waals surface area contributed by atoms with E-state index < -0.39 is 5.41 Å². The van der Waals surface area contributed by atoms with Gasteiger partial charge in [0, 0.05) is 24.7 Å². The van der Waals surface area contributed by atoms with E-state index in [1.807, 2.05) is 29.2 Å². The van der Waals surface area contributed by atoms with Crippen molar-refractivity contribution in [2.45, 2.75) is 43.9 Å². The zero-order chi connectivity index (χ0) is 20.3. The van der Waals surface area contributed by atoms with Crippen molar-refractivity contribution in [3.63, 3.8) is 0 Å². The molecule has 2 amide bonds. The monoisotopic (exact) mass is 414 g/mol. The van der Waals surface area contributed by atoms with Gasteiger partial charge in [-0.1, -0.05) is 36.6 Å². The summed E-state index contributed by atoms with van der Waals surface area (Å²) in [6.07, 6.45) is 8.74. The van der Waals surface area contributed by atoms with Gasteiger partial charge < -0.3 is 14.6 Å². The van der Waals surface area contributed by atoms with E-state index >= 15 is 0 Å². The largest absolute Gasteiger partial charge is 0.472 e. The lowest BCUT2D eigenvalue weighted by molar-refractivity contribution is -0.126. The van der Waals surface area contributed by atoms with Gasteiger partial charge in [0.05, 0.1) is 17.2 Å². The van der Waals surface area contributed by atoms with Crippen molar-refractivity contribution < 1.29 is 14.0 Å². The standard InChI is InChI=1S/C23H27ClN2O3/c24-20-5-3-19(4-6-20)23(10-1-2-11-23)22(28)25-15-17-7-12-26(13-8-17)21(27)18-9-14-29-16-18/h3-6,9,14,16-17H,1-2,7-8,10-13,15H2,(H,25,28). The summed E-state index contributed by atoms with van der Waals surface area (Å²) in [6.45, 7) is 2.10. The number of piperidine rings is 1. The fourth-order valence-electron chi connectivity index (χ4n) is 4.71. The topological polar surface area (TPSA) is 62.6 Å². The number of hydrogen-bond donors (Lipinski definition) is 1. The van der Waals surface area contributed by atoms with Gasteiger partial charge in [0.1, 0.15) is 6.26 Å². The maximum absolute atomic E-state index is 13.2. The van der Waals surface area contributed by atoms with E-state index in [0.717, 1.165) is 44.1 Å². The van der Waals surface area contributed by atoms with Crippen molar-refractivity contribution in [2.75, 3.05) is 19.6 Å². The molecule has 5 nitrogen and oxygen atoms in total. The molecule has 2 heterocycles. The number of carbonyl (C=O) groups excluding carboxylic acids is 2. The van der Waals surface area contributed by atoms with Crippen LogP contribution in [0.15, 0.2) is 47.3 Å². The molecule has 0 spiro atoms.